The number of para-hydroxylation sites is 1. The van der Waals surface area contributed by atoms with Crippen LogP contribution in [0.5, 0.6) is 0 Å². The van der Waals surface area contributed by atoms with E-state index in [0.29, 0.717) is 6.04 Å². The third-order valence-electron chi connectivity index (χ3n) is 3.28. The van der Waals surface area contributed by atoms with Gasteiger partial charge in [0.1, 0.15) is 0 Å². The summed E-state index contributed by atoms with van der Waals surface area (Å²) in [6.45, 7) is 5.18. The van der Waals surface area contributed by atoms with Gasteiger partial charge in [-0.15, -0.1) is 0 Å². The highest BCUT2D eigenvalue weighted by Gasteiger charge is 2.28. The molecule has 0 spiro atoms. The normalized spacial score (nSPS) is 20.9. The van der Waals surface area contributed by atoms with E-state index in [9.17, 15) is 5.11 Å². The number of rotatable bonds is 4. The maximum absolute atomic E-state index is 9.55. The summed E-state index contributed by atoms with van der Waals surface area (Å²) in [6.07, 6.45) is 2.90. The molecule has 2 atom stereocenters. The van der Waals surface area contributed by atoms with E-state index in [-0.39, 0.29) is 6.10 Å². The first kappa shape index (κ1) is 11.5. The molecule has 1 aromatic rings. The fourth-order valence-corrected chi connectivity index (χ4v) is 2.67. The summed E-state index contributed by atoms with van der Waals surface area (Å²) in [4.78, 5) is 2.46. The van der Waals surface area contributed by atoms with Crippen LogP contribution in [0.3, 0.4) is 0 Å². The molecule has 1 N–H and O–H groups in total. The van der Waals surface area contributed by atoms with Crippen LogP contribution in [0, 0.1) is 0 Å². The molecule has 2 rings (SSSR count). The van der Waals surface area contributed by atoms with Gasteiger partial charge in [0.15, 0.2) is 0 Å². The SMILES string of the molecule is CCCN1c2ccccc2CC1CC(C)O. The molecule has 0 saturated heterocycles. The lowest BCUT2D eigenvalue weighted by Gasteiger charge is -2.28. The average Bonchev–Trinajstić information content (AvgIpc) is 2.57. The molecule has 0 aromatic heterocycles. The number of fused-ring (bicyclic) bond motifs is 1. The van der Waals surface area contributed by atoms with Gasteiger partial charge < -0.3 is 10.0 Å². The van der Waals surface area contributed by atoms with Crippen molar-refractivity contribution in [2.75, 3.05) is 11.4 Å². The maximum Gasteiger partial charge on any atom is 0.0531 e. The summed E-state index contributed by atoms with van der Waals surface area (Å²) in [5.41, 5.74) is 2.80. The average molecular weight is 219 g/mol. The van der Waals surface area contributed by atoms with Crippen molar-refractivity contribution in [1.29, 1.82) is 0 Å². The van der Waals surface area contributed by atoms with Gasteiger partial charge in [-0.1, -0.05) is 25.1 Å². The molecule has 0 fully saturated rings. The lowest BCUT2D eigenvalue weighted by atomic mass is 10.1. The van der Waals surface area contributed by atoms with Gasteiger partial charge in [0.2, 0.25) is 0 Å². The van der Waals surface area contributed by atoms with Gasteiger partial charge in [-0.3, -0.25) is 0 Å². The number of benzene rings is 1. The molecule has 0 radical (unpaired) electrons. The highest BCUT2D eigenvalue weighted by Crippen LogP contribution is 2.33. The van der Waals surface area contributed by atoms with E-state index in [4.69, 9.17) is 0 Å². The minimum absolute atomic E-state index is 0.210. The third-order valence-corrected chi connectivity index (χ3v) is 3.28. The molecule has 88 valence electrons. The van der Waals surface area contributed by atoms with Gasteiger partial charge in [-0.05, 0) is 37.8 Å². The Morgan fingerprint density at radius 1 is 1.44 bits per heavy atom. The quantitative estimate of drug-likeness (QED) is 0.841. The number of hydrogen-bond acceptors (Lipinski definition) is 2. The molecular weight excluding hydrogens is 198 g/mol. The topological polar surface area (TPSA) is 23.5 Å². The molecule has 0 saturated carbocycles. The van der Waals surface area contributed by atoms with Crippen LogP contribution in [0.4, 0.5) is 5.69 Å². The lowest BCUT2D eigenvalue weighted by Crippen LogP contribution is -2.34. The van der Waals surface area contributed by atoms with E-state index in [2.05, 4.69) is 36.1 Å². The first-order chi connectivity index (χ1) is 7.72. The van der Waals surface area contributed by atoms with Crippen LogP contribution < -0.4 is 4.90 Å². The van der Waals surface area contributed by atoms with Crippen molar-refractivity contribution >= 4 is 5.69 Å². The van der Waals surface area contributed by atoms with Crippen LogP contribution in [0.1, 0.15) is 32.3 Å². The Kier molecular flexibility index (Phi) is 3.49. The molecule has 2 unspecified atom stereocenters. The molecule has 1 aromatic carbocycles. The molecule has 0 amide bonds. The van der Waals surface area contributed by atoms with E-state index in [0.717, 1.165) is 25.8 Å². The van der Waals surface area contributed by atoms with Crippen LogP contribution in [-0.4, -0.2) is 23.8 Å². The number of anilines is 1. The van der Waals surface area contributed by atoms with Crippen LogP contribution in [0.15, 0.2) is 24.3 Å². The summed E-state index contributed by atoms with van der Waals surface area (Å²) in [5.74, 6) is 0. The number of aliphatic hydroxyl groups excluding tert-OH is 1. The van der Waals surface area contributed by atoms with Gasteiger partial charge in [0, 0.05) is 18.3 Å². The van der Waals surface area contributed by atoms with Gasteiger partial charge in [-0.25, -0.2) is 0 Å². The number of nitrogens with zero attached hydrogens (tertiary/aromatic N) is 1. The summed E-state index contributed by atoms with van der Waals surface area (Å²) in [5, 5.41) is 9.55. The Morgan fingerprint density at radius 3 is 2.88 bits per heavy atom. The number of aliphatic hydroxyl groups is 1. The van der Waals surface area contributed by atoms with E-state index in [1.54, 1.807) is 0 Å². The summed E-state index contributed by atoms with van der Waals surface area (Å²) in [7, 11) is 0. The second-order valence-electron chi connectivity index (χ2n) is 4.76. The minimum atomic E-state index is -0.210. The van der Waals surface area contributed by atoms with E-state index < -0.39 is 0 Å². The van der Waals surface area contributed by atoms with Crippen LogP contribution in [-0.2, 0) is 6.42 Å². The fourth-order valence-electron chi connectivity index (χ4n) is 2.67. The van der Waals surface area contributed by atoms with Crippen molar-refractivity contribution in [3.8, 4) is 0 Å². The number of hydrogen-bond donors (Lipinski definition) is 1. The van der Waals surface area contributed by atoms with Crippen molar-refractivity contribution in [2.45, 2.75) is 45.3 Å². The maximum atomic E-state index is 9.55. The summed E-state index contributed by atoms with van der Waals surface area (Å²) < 4.78 is 0. The molecule has 0 aliphatic carbocycles. The lowest BCUT2D eigenvalue weighted by molar-refractivity contribution is 0.174. The van der Waals surface area contributed by atoms with E-state index >= 15 is 0 Å². The van der Waals surface area contributed by atoms with Crippen molar-refractivity contribution < 1.29 is 5.11 Å². The molecule has 2 heteroatoms. The highest BCUT2D eigenvalue weighted by atomic mass is 16.3. The molecular formula is C14H21NO. The Morgan fingerprint density at radius 2 is 2.19 bits per heavy atom. The predicted octanol–water partition coefficient (Wildman–Crippen LogP) is 2.60. The van der Waals surface area contributed by atoms with Crippen molar-refractivity contribution in [2.24, 2.45) is 0 Å². The predicted molar refractivity (Wildman–Crippen MR) is 67.9 cm³/mol. The minimum Gasteiger partial charge on any atom is -0.393 e. The van der Waals surface area contributed by atoms with Crippen molar-refractivity contribution in [3.63, 3.8) is 0 Å². The smallest absolute Gasteiger partial charge is 0.0531 e. The second kappa shape index (κ2) is 4.88. The molecule has 16 heavy (non-hydrogen) atoms. The van der Waals surface area contributed by atoms with Gasteiger partial charge in [0.05, 0.1) is 6.10 Å². The van der Waals surface area contributed by atoms with Gasteiger partial charge in [-0.2, -0.15) is 0 Å². The largest absolute Gasteiger partial charge is 0.393 e. The van der Waals surface area contributed by atoms with Crippen molar-refractivity contribution in [1.82, 2.24) is 0 Å². The monoisotopic (exact) mass is 219 g/mol. The Hall–Kier alpha value is -1.02. The van der Waals surface area contributed by atoms with Crippen LogP contribution in [0.25, 0.3) is 0 Å². The zero-order valence-electron chi connectivity index (χ0n) is 10.2. The highest BCUT2D eigenvalue weighted by molar-refractivity contribution is 5.59. The van der Waals surface area contributed by atoms with Crippen molar-refractivity contribution in [3.05, 3.63) is 29.8 Å². The zero-order valence-corrected chi connectivity index (χ0v) is 10.2. The Labute approximate surface area is 97.9 Å². The molecule has 1 aliphatic rings. The Balaban J connectivity index is 2.19. The summed E-state index contributed by atoms with van der Waals surface area (Å²) >= 11 is 0. The molecule has 1 aliphatic heterocycles. The van der Waals surface area contributed by atoms with Crippen LogP contribution >= 0.6 is 0 Å². The first-order valence-corrected chi connectivity index (χ1v) is 6.25. The standard InChI is InChI=1S/C14H21NO/c1-3-8-15-13(9-11(2)16)10-12-6-4-5-7-14(12)15/h4-7,11,13,16H,3,8-10H2,1-2H3. The third kappa shape index (κ3) is 2.22. The molecule has 0 bridgehead atoms. The van der Waals surface area contributed by atoms with Gasteiger partial charge in [0.25, 0.3) is 0 Å². The first-order valence-electron chi connectivity index (χ1n) is 6.25. The second-order valence-corrected chi connectivity index (χ2v) is 4.76. The van der Waals surface area contributed by atoms with E-state index in [1.165, 1.54) is 11.3 Å². The molecule has 2 nitrogen and oxygen atoms in total. The zero-order chi connectivity index (χ0) is 11.5. The van der Waals surface area contributed by atoms with E-state index in [1.807, 2.05) is 6.92 Å². The fraction of sp³-hybridized carbons (Fsp3) is 0.571. The summed E-state index contributed by atoms with van der Waals surface area (Å²) in [6, 6.07) is 9.10. The Bertz CT molecular complexity index is 348. The van der Waals surface area contributed by atoms with Gasteiger partial charge >= 0.3 is 0 Å². The molecule has 1 heterocycles. The van der Waals surface area contributed by atoms with Crippen LogP contribution in [0.2, 0.25) is 0 Å².